The lowest BCUT2D eigenvalue weighted by molar-refractivity contribution is 0.458. The third-order valence-corrected chi connectivity index (χ3v) is 1.02. The van der Waals surface area contributed by atoms with Crippen LogP contribution in [-0.4, -0.2) is 18.5 Å². The minimum atomic E-state index is 0.896. The lowest BCUT2D eigenvalue weighted by Crippen LogP contribution is -2.11. The van der Waals surface area contributed by atoms with Crippen LogP contribution in [0.25, 0.3) is 0 Å². The summed E-state index contributed by atoms with van der Waals surface area (Å²) in [7, 11) is 1.80. The molecule has 0 aliphatic rings. The van der Waals surface area contributed by atoms with Gasteiger partial charge < -0.3 is 4.90 Å². The number of hydrogen-bond acceptors (Lipinski definition) is 2. The molecule has 0 unspecified atom stereocenters. The fourth-order valence-corrected chi connectivity index (χ4v) is 0.445. The van der Waals surface area contributed by atoms with E-state index in [-0.39, 0.29) is 0 Å². The van der Waals surface area contributed by atoms with Gasteiger partial charge >= 0.3 is 0 Å². The number of rotatable bonds is 3. The highest BCUT2D eigenvalue weighted by atomic mass is 15.1. The van der Waals surface area contributed by atoms with E-state index in [9.17, 15) is 0 Å². The molecule has 0 amide bonds. The van der Waals surface area contributed by atoms with Gasteiger partial charge in [-0.2, -0.15) is 5.26 Å². The quantitative estimate of drug-likeness (QED) is 0.446. The highest BCUT2D eigenvalue weighted by Gasteiger charge is 1.88. The molecule has 0 atom stereocenters. The van der Waals surface area contributed by atoms with Gasteiger partial charge in [0.15, 0.2) is 6.19 Å². The third kappa shape index (κ3) is 10.3. The van der Waals surface area contributed by atoms with Crippen molar-refractivity contribution >= 4 is 0 Å². The Labute approximate surface area is 64.5 Å². The lowest BCUT2D eigenvalue weighted by atomic mass is 10.3. The van der Waals surface area contributed by atoms with E-state index >= 15 is 0 Å². The van der Waals surface area contributed by atoms with E-state index in [0.29, 0.717) is 0 Å². The molecule has 0 radical (unpaired) electrons. The van der Waals surface area contributed by atoms with Gasteiger partial charge in [0.2, 0.25) is 0 Å². The van der Waals surface area contributed by atoms with Gasteiger partial charge in [0.25, 0.3) is 0 Å². The summed E-state index contributed by atoms with van der Waals surface area (Å²) in [6.45, 7) is 7.01. The molecule has 10 heavy (non-hydrogen) atoms. The van der Waals surface area contributed by atoms with E-state index in [1.807, 2.05) is 20.0 Å². The topological polar surface area (TPSA) is 27.0 Å². The maximum atomic E-state index is 8.24. The number of nitrogens with zero attached hydrogens (tertiary/aromatic N) is 2. The number of nitriles is 1. The van der Waals surface area contributed by atoms with Crippen LogP contribution in [0.5, 0.6) is 0 Å². The van der Waals surface area contributed by atoms with Crippen molar-refractivity contribution in [2.45, 2.75) is 33.6 Å². The molecule has 0 rings (SSSR count). The van der Waals surface area contributed by atoms with Crippen LogP contribution in [0.3, 0.4) is 0 Å². The van der Waals surface area contributed by atoms with Crippen molar-refractivity contribution in [1.82, 2.24) is 4.90 Å². The van der Waals surface area contributed by atoms with Gasteiger partial charge in [-0.25, -0.2) is 0 Å². The molecule has 0 aliphatic carbocycles. The predicted molar refractivity (Wildman–Crippen MR) is 44.5 cm³/mol. The molecule has 0 aromatic heterocycles. The molecule has 0 N–H and O–H groups in total. The molecule has 0 aliphatic heterocycles. The van der Waals surface area contributed by atoms with Crippen molar-refractivity contribution in [3.8, 4) is 6.19 Å². The first-order valence-electron chi connectivity index (χ1n) is 3.92. The van der Waals surface area contributed by atoms with Crippen molar-refractivity contribution in [2.75, 3.05) is 13.6 Å². The molecule has 2 heteroatoms. The minimum Gasteiger partial charge on any atom is -0.314 e. The van der Waals surface area contributed by atoms with Gasteiger partial charge in [-0.3, -0.25) is 0 Å². The van der Waals surface area contributed by atoms with Gasteiger partial charge in [0.05, 0.1) is 0 Å². The van der Waals surface area contributed by atoms with Crippen LogP contribution in [0.4, 0.5) is 0 Å². The standard InChI is InChI=1S/C6H12N2.C2H6/c1-3-4-5-8(2)6-7;1-2/h3-5H2,1-2H3;1-2H3. The van der Waals surface area contributed by atoms with Crippen LogP contribution < -0.4 is 0 Å². The number of hydrogen-bond donors (Lipinski definition) is 0. The third-order valence-electron chi connectivity index (χ3n) is 1.02. The van der Waals surface area contributed by atoms with Gasteiger partial charge in [-0.15, -0.1) is 0 Å². The second-order valence-corrected chi connectivity index (χ2v) is 1.88. The molecule has 0 spiro atoms. The molecular weight excluding hydrogens is 124 g/mol. The predicted octanol–water partition coefficient (Wildman–Crippen LogP) is 2.23. The van der Waals surface area contributed by atoms with Crippen molar-refractivity contribution < 1.29 is 0 Å². The first-order valence-corrected chi connectivity index (χ1v) is 3.92. The second kappa shape index (κ2) is 11.1. The first-order chi connectivity index (χ1) is 4.81. The SMILES string of the molecule is CC.CCCCN(C)C#N. The maximum absolute atomic E-state index is 8.24. The van der Waals surface area contributed by atoms with Crippen LogP contribution in [0.2, 0.25) is 0 Å². The molecule has 0 bridgehead atoms. The Bertz CT molecular complexity index is 83.7. The van der Waals surface area contributed by atoms with Crippen molar-refractivity contribution in [3.63, 3.8) is 0 Å². The largest absolute Gasteiger partial charge is 0.314 e. The van der Waals surface area contributed by atoms with E-state index in [1.54, 1.807) is 11.9 Å². The first kappa shape index (κ1) is 12.0. The van der Waals surface area contributed by atoms with Crippen molar-refractivity contribution in [1.29, 1.82) is 5.26 Å². The van der Waals surface area contributed by atoms with E-state index in [2.05, 4.69) is 6.92 Å². The fraction of sp³-hybridized carbons (Fsp3) is 0.875. The van der Waals surface area contributed by atoms with Crippen molar-refractivity contribution in [3.05, 3.63) is 0 Å². The van der Waals surface area contributed by atoms with E-state index in [0.717, 1.165) is 19.4 Å². The number of unbranched alkanes of at least 4 members (excludes halogenated alkanes) is 1. The van der Waals surface area contributed by atoms with Crippen molar-refractivity contribution in [2.24, 2.45) is 0 Å². The molecule has 0 saturated carbocycles. The Morgan fingerprint density at radius 3 is 2.20 bits per heavy atom. The van der Waals surface area contributed by atoms with E-state index < -0.39 is 0 Å². The van der Waals surface area contributed by atoms with E-state index in [4.69, 9.17) is 5.26 Å². The average Bonchev–Trinajstić information content (AvgIpc) is 2.04. The van der Waals surface area contributed by atoms with Gasteiger partial charge in [-0.05, 0) is 6.42 Å². The van der Waals surface area contributed by atoms with Gasteiger partial charge in [-0.1, -0.05) is 27.2 Å². The monoisotopic (exact) mass is 142 g/mol. The van der Waals surface area contributed by atoms with Crippen LogP contribution in [0, 0.1) is 11.5 Å². The molecular formula is C8H18N2. The Kier molecular flexibility index (Phi) is 13.4. The Hall–Kier alpha value is -0.710. The highest BCUT2D eigenvalue weighted by molar-refractivity contribution is 4.67. The molecule has 0 fully saturated rings. The second-order valence-electron chi connectivity index (χ2n) is 1.88. The molecule has 2 nitrogen and oxygen atoms in total. The summed E-state index contributed by atoms with van der Waals surface area (Å²) < 4.78 is 0. The normalized spacial score (nSPS) is 7.10. The summed E-state index contributed by atoms with van der Waals surface area (Å²) in [6.07, 6.45) is 4.31. The summed E-state index contributed by atoms with van der Waals surface area (Å²) in [6, 6.07) is 0. The van der Waals surface area contributed by atoms with Gasteiger partial charge in [0, 0.05) is 13.6 Å². The highest BCUT2D eigenvalue weighted by Crippen LogP contribution is 1.87. The summed E-state index contributed by atoms with van der Waals surface area (Å²) in [4.78, 5) is 1.64. The molecule has 0 saturated heterocycles. The van der Waals surface area contributed by atoms with E-state index in [1.165, 1.54) is 0 Å². The maximum Gasteiger partial charge on any atom is 0.179 e. The zero-order chi connectivity index (χ0) is 8.41. The minimum absolute atomic E-state index is 0.896. The van der Waals surface area contributed by atoms with Crippen LogP contribution in [-0.2, 0) is 0 Å². The Morgan fingerprint density at radius 2 is 1.90 bits per heavy atom. The molecule has 0 aromatic rings. The molecule has 0 aromatic carbocycles. The molecule has 60 valence electrons. The van der Waals surface area contributed by atoms with Crippen LogP contribution in [0.1, 0.15) is 33.6 Å². The van der Waals surface area contributed by atoms with Gasteiger partial charge in [0.1, 0.15) is 0 Å². The Balaban J connectivity index is 0. The van der Waals surface area contributed by atoms with Crippen LogP contribution >= 0.6 is 0 Å². The fourth-order valence-electron chi connectivity index (χ4n) is 0.445. The summed E-state index contributed by atoms with van der Waals surface area (Å²) in [5, 5.41) is 8.24. The average molecular weight is 142 g/mol. The summed E-state index contributed by atoms with van der Waals surface area (Å²) >= 11 is 0. The summed E-state index contributed by atoms with van der Waals surface area (Å²) in [5.41, 5.74) is 0. The smallest absolute Gasteiger partial charge is 0.179 e. The zero-order valence-electron chi connectivity index (χ0n) is 7.52. The molecule has 0 heterocycles. The summed E-state index contributed by atoms with van der Waals surface area (Å²) in [5.74, 6) is 0. The lowest BCUT2D eigenvalue weighted by Gasteiger charge is -2.04. The Morgan fingerprint density at radius 1 is 1.40 bits per heavy atom. The van der Waals surface area contributed by atoms with Crippen LogP contribution in [0.15, 0.2) is 0 Å². The zero-order valence-corrected chi connectivity index (χ0v) is 7.52.